The molecule has 0 amide bonds. The Hall–Kier alpha value is -1.49. The molecule has 0 aliphatic carbocycles. The Morgan fingerprint density at radius 1 is 1.50 bits per heavy atom. The van der Waals surface area contributed by atoms with Crippen LogP contribution < -0.4 is 5.32 Å². The summed E-state index contributed by atoms with van der Waals surface area (Å²) < 4.78 is 21.1. The first-order chi connectivity index (χ1) is 10.6. The van der Waals surface area contributed by atoms with E-state index >= 15 is 0 Å². The van der Waals surface area contributed by atoms with E-state index in [4.69, 9.17) is 9.84 Å². The van der Waals surface area contributed by atoms with Gasteiger partial charge in [-0.15, -0.1) is 0 Å². The molecule has 1 fully saturated rings. The molecule has 3 rings (SSSR count). The first kappa shape index (κ1) is 15.4. The molecule has 3 N–H and O–H groups in total. The third kappa shape index (κ3) is 2.32. The van der Waals surface area contributed by atoms with E-state index in [9.17, 15) is 9.50 Å². The summed E-state index contributed by atoms with van der Waals surface area (Å²) in [6, 6.07) is 0. The lowest BCUT2D eigenvalue weighted by Gasteiger charge is -2.15. The van der Waals surface area contributed by atoms with Crippen LogP contribution in [-0.4, -0.2) is 68.0 Å². The van der Waals surface area contributed by atoms with Gasteiger partial charge in [-0.1, -0.05) is 11.8 Å². The number of nitrogens with one attached hydrogen (secondary N) is 1. The second-order valence-corrected chi connectivity index (χ2v) is 5.59. The van der Waals surface area contributed by atoms with Crippen LogP contribution >= 0.6 is 11.8 Å². The molecule has 2 aromatic rings. The highest BCUT2D eigenvalue weighted by molar-refractivity contribution is 7.98. The second kappa shape index (κ2) is 5.95. The first-order valence-corrected chi connectivity index (χ1v) is 7.88. The average Bonchev–Trinajstić information content (AvgIpc) is 3.08. The van der Waals surface area contributed by atoms with Gasteiger partial charge in [0.2, 0.25) is 0 Å². The van der Waals surface area contributed by atoms with Crippen LogP contribution in [0.5, 0.6) is 0 Å². The molecule has 0 radical (unpaired) electrons. The zero-order chi connectivity index (χ0) is 15.9. The molecule has 1 aliphatic rings. The van der Waals surface area contributed by atoms with E-state index in [0.717, 1.165) is 0 Å². The number of hydrogen-bond acceptors (Lipinski definition) is 8. The number of alkyl halides is 1. The van der Waals surface area contributed by atoms with E-state index in [-0.39, 0.29) is 0 Å². The van der Waals surface area contributed by atoms with Gasteiger partial charge in [-0.25, -0.2) is 19.3 Å². The molecular formula is C12H16FN5O3S. The summed E-state index contributed by atoms with van der Waals surface area (Å²) in [4.78, 5) is 12.8. The van der Waals surface area contributed by atoms with Crippen molar-refractivity contribution in [1.82, 2.24) is 19.5 Å². The van der Waals surface area contributed by atoms with Crippen molar-refractivity contribution < 1.29 is 19.3 Å². The molecule has 1 aliphatic heterocycles. The fourth-order valence-corrected chi connectivity index (χ4v) is 2.79. The number of aromatic nitrogens is 4. The largest absolute Gasteiger partial charge is 0.394 e. The number of rotatable bonds is 4. The SMILES string of the molecule is CNc1nc(SC)nc2c1ncn2[C@@H]1O[C@H](CO)C(O)[C@@H]1F. The van der Waals surface area contributed by atoms with Crippen LogP contribution in [-0.2, 0) is 4.74 Å². The summed E-state index contributed by atoms with van der Waals surface area (Å²) >= 11 is 1.35. The molecule has 1 unspecified atom stereocenters. The molecule has 4 atom stereocenters. The summed E-state index contributed by atoms with van der Waals surface area (Å²) in [5.41, 5.74) is 0.889. The Morgan fingerprint density at radius 2 is 2.27 bits per heavy atom. The third-order valence-corrected chi connectivity index (χ3v) is 4.12. The molecule has 10 heteroatoms. The molecule has 1 saturated heterocycles. The summed E-state index contributed by atoms with van der Waals surface area (Å²) in [5.74, 6) is 0.528. The topological polar surface area (TPSA) is 105 Å². The highest BCUT2D eigenvalue weighted by Crippen LogP contribution is 2.34. The molecule has 2 aromatic heterocycles. The van der Waals surface area contributed by atoms with Gasteiger partial charge in [0.05, 0.1) is 12.9 Å². The Bertz CT molecular complexity index is 684. The third-order valence-electron chi connectivity index (χ3n) is 3.57. The van der Waals surface area contributed by atoms with Crippen LogP contribution in [0.4, 0.5) is 10.2 Å². The molecule has 0 spiro atoms. The maximum atomic E-state index is 14.3. The van der Waals surface area contributed by atoms with Gasteiger partial charge in [0, 0.05) is 7.05 Å². The van der Waals surface area contributed by atoms with Crippen molar-refractivity contribution >= 4 is 28.7 Å². The van der Waals surface area contributed by atoms with Crippen LogP contribution in [0.3, 0.4) is 0 Å². The number of aliphatic hydroxyl groups excluding tert-OH is 2. The van der Waals surface area contributed by atoms with Crippen LogP contribution in [0, 0.1) is 0 Å². The fourth-order valence-electron chi connectivity index (χ4n) is 2.43. The number of thioether (sulfide) groups is 1. The minimum atomic E-state index is -1.68. The molecule has 3 heterocycles. The lowest BCUT2D eigenvalue weighted by atomic mass is 10.1. The fraction of sp³-hybridized carbons (Fsp3) is 0.583. The molecule has 0 saturated carbocycles. The Kier molecular flexibility index (Phi) is 4.17. The van der Waals surface area contributed by atoms with E-state index in [0.29, 0.717) is 22.1 Å². The van der Waals surface area contributed by atoms with Crippen molar-refractivity contribution in [3.63, 3.8) is 0 Å². The maximum absolute atomic E-state index is 14.3. The van der Waals surface area contributed by atoms with Crippen molar-refractivity contribution in [3.8, 4) is 0 Å². The van der Waals surface area contributed by atoms with E-state index in [1.54, 1.807) is 7.05 Å². The van der Waals surface area contributed by atoms with Crippen molar-refractivity contribution in [1.29, 1.82) is 0 Å². The normalized spacial score (nSPS) is 28.4. The van der Waals surface area contributed by atoms with Crippen LogP contribution in [0.2, 0.25) is 0 Å². The maximum Gasteiger partial charge on any atom is 0.191 e. The number of ether oxygens (including phenoxy) is 1. The molecule has 8 nitrogen and oxygen atoms in total. The Morgan fingerprint density at radius 3 is 2.86 bits per heavy atom. The smallest absolute Gasteiger partial charge is 0.191 e. The van der Waals surface area contributed by atoms with Crippen molar-refractivity contribution in [3.05, 3.63) is 6.33 Å². The molecule has 22 heavy (non-hydrogen) atoms. The summed E-state index contributed by atoms with van der Waals surface area (Å²) in [6.45, 7) is -0.461. The number of halogens is 1. The second-order valence-electron chi connectivity index (χ2n) is 4.82. The zero-order valence-electron chi connectivity index (χ0n) is 12.0. The van der Waals surface area contributed by atoms with Crippen molar-refractivity contribution in [2.24, 2.45) is 0 Å². The monoisotopic (exact) mass is 329 g/mol. The predicted molar refractivity (Wildman–Crippen MR) is 78.5 cm³/mol. The summed E-state index contributed by atoms with van der Waals surface area (Å²) in [5, 5.41) is 22.3. The lowest BCUT2D eigenvalue weighted by Crippen LogP contribution is -2.30. The average molecular weight is 329 g/mol. The van der Waals surface area contributed by atoms with Gasteiger partial charge in [0.1, 0.15) is 12.2 Å². The number of hydrogen-bond donors (Lipinski definition) is 3. The number of fused-ring (bicyclic) bond motifs is 1. The number of imidazole rings is 1. The van der Waals surface area contributed by atoms with Gasteiger partial charge < -0.3 is 20.3 Å². The van der Waals surface area contributed by atoms with Gasteiger partial charge in [-0.3, -0.25) is 4.57 Å². The standard InChI is InChI=1S/C12H16FN5O3S/c1-14-9-7-10(17-12(16-9)22-2)18(4-15-7)11-6(13)8(20)5(3-19)21-11/h4-6,8,11,19-20H,3H2,1-2H3,(H,14,16,17)/t5-,6+,8?,11-/m1/s1. The Labute approximate surface area is 129 Å². The van der Waals surface area contributed by atoms with E-state index in [1.807, 2.05) is 6.26 Å². The first-order valence-electron chi connectivity index (χ1n) is 6.65. The number of nitrogens with zero attached hydrogens (tertiary/aromatic N) is 4. The van der Waals surface area contributed by atoms with Gasteiger partial charge in [-0.05, 0) is 6.26 Å². The minimum absolute atomic E-state index is 0.405. The van der Waals surface area contributed by atoms with Gasteiger partial charge in [0.25, 0.3) is 0 Å². The molecule has 0 bridgehead atoms. The number of aliphatic hydroxyl groups is 2. The highest BCUT2D eigenvalue weighted by Gasteiger charge is 2.45. The van der Waals surface area contributed by atoms with Gasteiger partial charge in [0.15, 0.2) is 34.5 Å². The minimum Gasteiger partial charge on any atom is -0.394 e. The summed E-state index contributed by atoms with van der Waals surface area (Å²) in [7, 11) is 1.71. The molecular weight excluding hydrogens is 313 g/mol. The van der Waals surface area contributed by atoms with E-state index in [2.05, 4.69) is 20.3 Å². The number of anilines is 1. The zero-order valence-corrected chi connectivity index (χ0v) is 12.8. The molecule has 120 valence electrons. The van der Waals surface area contributed by atoms with E-state index < -0.39 is 31.2 Å². The molecule has 0 aromatic carbocycles. The summed E-state index contributed by atoms with van der Waals surface area (Å²) in [6.07, 6.45) is -1.90. The quantitative estimate of drug-likeness (QED) is 0.539. The Balaban J connectivity index is 2.08. The van der Waals surface area contributed by atoms with Crippen LogP contribution in [0.25, 0.3) is 11.2 Å². The van der Waals surface area contributed by atoms with Crippen LogP contribution in [0.1, 0.15) is 6.23 Å². The lowest BCUT2D eigenvalue weighted by molar-refractivity contribution is -0.0459. The predicted octanol–water partition coefficient (Wildman–Crippen LogP) is 0.179. The van der Waals surface area contributed by atoms with E-state index in [1.165, 1.54) is 22.7 Å². The van der Waals surface area contributed by atoms with Gasteiger partial charge >= 0.3 is 0 Å². The van der Waals surface area contributed by atoms with Crippen molar-refractivity contribution in [2.75, 3.05) is 25.2 Å². The van der Waals surface area contributed by atoms with Crippen molar-refractivity contribution in [2.45, 2.75) is 29.8 Å². The highest BCUT2D eigenvalue weighted by atomic mass is 32.2. The van der Waals surface area contributed by atoms with Gasteiger partial charge in [-0.2, -0.15) is 0 Å². The van der Waals surface area contributed by atoms with Crippen LogP contribution in [0.15, 0.2) is 11.5 Å².